The maximum Gasteiger partial charge on any atom is 0.234 e. The van der Waals surface area contributed by atoms with Crippen molar-refractivity contribution in [3.8, 4) is 12.3 Å². The Balaban J connectivity index is 4.18. The lowest BCUT2D eigenvalue weighted by Crippen LogP contribution is -2.43. The van der Waals surface area contributed by atoms with Crippen molar-refractivity contribution < 1.29 is 9.59 Å². The van der Waals surface area contributed by atoms with Gasteiger partial charge in [0.1, 0.15) is 0 Å². The zero-order valence-electron chi connectivity index (χ0n) is 7.12. The highest BCUT2D eigenvalue weighted by atomic mass is 32.1. The summed E-state index contributed by atoms with van der Waals surface area (Å²) in [7, 11) is 0. The van der Waals surface area contributed by atoms with Gasteiger partial charge in [0.05, 0.1) is 18.3 Å². The Labute approximate surface area is 82.7 Å². The number of hydrogen-bond donors (Lipinski definition) is 3. The molecule has 3 N–H and O–H groups in total. The third-order valence-electron chi connectivity index (χ3n) is 1.39. The van der Waals surface area contributed by atoms with Crippen LogP contribution in [0, 0.1) is 12.3 Å². The fourth-order valence-electron chi connectivity index (χ4n) is 0.727. The normalized spacial score (nSPS) is 11.5. The van der Waals surface area contributed by atoms with E-state index in [0.29, 0.717) is 0 Å². The molecule has 1 amide bonds. The number of terminal acetylenes is 1. The molecule has 0 spiro atoms. The molecular formula is C8H12N2O2S. The van der Waals surface area contributed by atoms with Crippen LogP contribution in [0.25, 0.3) is 0 Å². The first-order valence-electron chi connectivity index (χ1n) is 3.72. The fraction of sp³-hybridized carbons (Fsp3) is 0.500. The first kappa shape index (κ1) is 12.0. The molecule has 0 aromatic carbocycles. The van der Waals surface area contributed by atoms with Crippen molar-refractivity contribution in [2.45, 2.75) is 12.5 Å². The van der Waals surface area contributed by atoms with Crippen molar-refractivity contribution >= 4 is 24.3 Å². The van der Waals surface area contributed by atoms with E-state index in [1.807, 2.05) is 0 Å². The summed E-state index contributed by atoms with van der Waals surface area (Å²) < 4.78 is 0. The number of hydrogen-bond acceptors (Lipinski definition) is 4. The number of amides is 1. The second-order valence-electron chi connectivity index (χ2n) is 2.36. The molecule has 4 nitrogen and oxygen atoms in total. The van der Waals surface area contributed by atoms with Gasteiger partial charge in [-0.3, -0.25) is 9.59 Å². The average Bonchev–Trinajstić information content (AvgIpc) is 2.15. The van der Waals surface area contributed by atoms with Crippen LogP contribution < -0.4 is 11.1 Å². The Morgan fingerprint density at radius 2 is 2.23 bits per heavy atom. The number of ketones is 1. The third-order valence-corrected chi connectivity index (χ3v) is 1.70. The Hall–Kier alpha value is -0.990. The van der Waals surface area contributed by atoms with Crippen LogP contribution in [0.3, 0.4) is 0 Å². The van der Waals surface area contributed by atoms with Gasteiger partial charge in [-0.15, -0.1) is 12.3 Å². The molecule has 0 unspecified atom stereocenters. The maximum atomic E-state index is 11.1. The highest BCUT2D eigenvalue weighted by molar-refractivity contribution is 7.81. The highest BCUT2D eigenvalue weighted by Gasteiger charge is 2.17. The van der Waals surface area contributed by atoms with E-state index in [-0.39, 0.29) is 24.5 Å². The van der Waals surface area contributed by atoms with Crippen LogP contribution in [0.1, 0.15) is 6.42 Å². The molecule has 0 aromatic heterocycles. The van der Waals surface area contributed by atoms with Crippen molar-refractivity contribution in [2.24, 2.45) is 5.73 Å². The third kappa shape index (κ3) is 4.55. The van der Waals surface area contributed by atoms with Crippen LogP contribution in [0.5, 0.6) is 0 Å². The molecule has 0 rings (SSSR count). The minimum absolute atomic E-state index is 0.0528. The lowest BCUT2D eigenvalue weighted by molar-refractivity contribution is -0.125. The van der Waals surface area contributed by atoms with E-state index >= 15 is 0 Å². The number of Topliss-reactive ketones (excluding diaryl/α,β-unsaturated/α-hetero) is 1. The molecule has 0 aliphatic carbocycles. The molecule has 0 heterocycles. The van der Waals surface area contributed by atoms with Crippen LogP contribution in [0.2, 0.25) is 0 Å². The Morgan fingerprint density at radius 3 is 2.62 bits per heavy atom. The first-order valence-corrected chi connectivity index (χ1v) is 4.35. The summed E-state index contributed by atoms with van der Waals surface area (Å²) in [5.41, 5.74) is 5.06. The summed E-state index contributed by atoms with van der Waals surface area (Å²) >= 11 is 3.80. The molecule has 0 aliphatic rings. The Kier molecular flexibility index (Phi) is 6.02. The molecule has 1 atom stereocenters. The second-order valence-corrected chi connectivity index (χ2v) is 2.67. The summed E-state index contributed by atoms with van der Waals surface area (Å²) in [6, 6.07) is -0.654. The first-order chi connectivity index (χ1) is 6.15. The number of nitrogens with two attached hydrogens (primary N) is 1. The molecule has 0 aliphatic heterocycles. The van der Waals surface area contributed by atoms with Crippen LogP contribution in [0.4, 0.5) is 0 Å². The minimum Gasteiger partial charge on any atom is -0.344 e. The van der Waals surface area contributed by atoms with Gasteiger partial charge in [-0.25, -0.2) is 0 Å². The molecular weight excluding hydrogens is 188 g/mol. The Bertz CT molecular complexity index is 235. The molecule has 72 valence electrons. The van der Waals surface area contributed by atoms with E-state index in [2.05, 4.69) is 23.9 Å². The van der Waals surface area contributed by atoms with Gasteiger partial charge in [-0.05, 0) is 0 Å². The van der Waals surface area contributed by atoms with Crippen LogP contribution in [-0.2, 0) is 9.59 Å². The summed E-state index contributed by atoms with van der Waals surface area (Å²) in [4.78, 5) is 22.0. The van der Waals surface area contributed by atoms with Gasteiger partial charge in [0, 0.05) is 6.42 Å². The van der Waals surface area contributed by atoms with Gasteiger partial charge >= 0.3 is 0 Å². The van der Waals surface area contributed by atoms with E-state index < -0.39 is 11.9 Å². The second kappa shape index (κ2) is 6.52. The SMILES string of the molecule is C#CC[C@H](NC(=O)CN)C(=O)CS. The molecule has 0 saturated carbocycles. The van der Waals surface area contributed by atoms with Crippen molar-refractivity contribution in [3.63, 3.8) is 0 Å². The lowest BCUT2D eigenvalue weighted by atomic mass is 10.1. The van der Waals surface area contributed by atoms with Crippen LogP contribution in [0.15, 0.2) is 0 Å². The van der Waals surface area contributed by atoms with Gasteiger partial charge in [0.15, 0.2) is 5.78 Å². The van der Waals surface area contributed by atoms with Crippen molar-refractivity contribution in [3.05, 3.63) is 0 Å². The monoisotopic (exact) mass is 200 g/mol. The average molecular weight is 200 g/mol. The standard InChI is InChI=1S/C8H12N2O2S/c1-2-3-6(7(11)5-13)10-8(12)4-9/h1,6,13H,3-5,9H2,(H,10,12)/t6-/m0/s1. The van der Waals surface area contributed by atoms with E-state index in [1.54, 1.807) is 0 Å². The van der Waals surface area contributed by atoms with Crippen LogP contribution >= 0.6 is 12.6 Å². The minimum atomic E-state index is -0.654. The van der Waals surface area contributed by atoms with Gasteiger partial charge in [0.25, 0.3) is 0 Å². The molecule has 5 heteroatoms. The van der Waals surface area contributed by atoms with Crippen molar-refractivity contribution in [2.75, 3.05) is 12.3 Å². The van der Waals surface area contributed by atoms with Gasteiger partial charge in [0.2, 0.25) is 5.91 Å². The smallest absolute Gasteiger partial charge is 0.234 e. The summed E-state index contributed by atoms with van der Waals surface area (Å²) in [5.74, 6) is 1.76. The lowest BCUT2D eigenvalue weighted by Gasteiger charge is -2.12. The molecule has 0 radical (unpaired) electrons. The summed E-state index contributed by atoms with van der Waals surface area (Å²) in [6.07, 6.45) is 5.20. The maximum absolute atomic E-state index is 11.1. The largest absolute Gasteiger partial charge is 0.344 e. The number of carbonyl (C=O) groups excluding carboxylic acids is 2. The van der Waals surface area contributed by atoms with Gasteiger partial charge in [-0.1, -0.05) is 0 Å². The number of thiol groups is 1. The predicted molar refractivity (Wildman–Crippen MR) is 53.3 cm³/mol. The Morgan fingerprint density at radius 1 is 1.62 bits per heavy atom. The van der Waals surface area contributed by atoms with E-state index in [4.69, 9.17) is 12.2 Å². The summed E-state index contributed by atoms with van der Waals surface area (Å²) in [6.45, 7) is -0.152. The zero-order chi connectivity index (χ0) is 10.3. The zero-order valence-corrected chi connectivity index (χ0v) is 8.01. The molecule has 0 aromatic rings. The number of rotatable bonds is 5. The number of carbonyl (C=O) groups is 2. The van der Waals surface area contributed by atoms with Gasteiger partial charge < -0.3 is 11.1 Å². The molecule has 0 saturated heterocycles. The highest BCUT2D eigenvalue weighted by Crippen LogP contribution is 1.94. The van der Waals surface area contributed by atoms with Crippen molar-refractivity contribution in [1.82, 2.24) is 5.32 Å². The number of nitrogens with one attached hydrogen (secondary N) is 1. The fourth-order valence-corrected chi connectivity index (χ4v) is 0.947. The molecule has 0 bridgehead atoms. The van der Waals surface area contributed by atoms with Crippen molar-refractivity contribution in [1.29, 1.82) is 0 Å². The quantitative estimate of drug-likeness (QED) is 0.392. The molecule has 13 heavy (non-hydrogen) atoms. The van der Waals surface area contributed by atoms with E-state index in [9.17, 15) is 9.59 Å². The van der Waals surface area contributed by atoms with E-state index in [0.717, 1.165) is 0 Å². The topological polar surface area (TPSA) is 72.2 Å². The predicted octanol–water partition coefficient (Wildman–Crippen LogP) is -1.05. The summed E-state index contributed by atoms with van der Waals surface area (Å²) in [5, 5.41) is 2.41. The van der Waals surface area contributed by atoms with E-state index in [1.165, 1.54) is 0 Å². The molecule has 0 fully saturated rings. The van der Waals surface area contributed by atoms with Gasteiger partial charge in [-0.2, -0.15) is 12.6 Å². The van der Waals surface area contributed by atoms with Crippen LogP contribution in [-0.4, -0.2) is 30.0 Å².